The van der Waals surface area contributed by atoms with Gasteiger partial charge < -0.3 is 4.57 Å². The van der Waals surface area contributed by atoms with Crippen LogP contribution in [0.1, 0.15) is 16.7 Å². The average Bonchev–Trinajstić information content (AvgIpc) is 2.41. The molecule has 1 aromatic carbocycles. The number of rotatable bonds is 2. The van der Waals surface area contributed by atoms with Gasteiger partial charge in [-0.05, 0) is 25.5 Å². The standard InChI is InChI=1S/C17H16N2O/c1-12-7-13(2)9-14(8-12)11-19-6-4-17(20)15-10-18-5-3-16(15)19/h3-10H,11H2,1-2H3. The highest BCUT2D eigenvalue weighted by Gasteiger charge is 2.04. The van der Waals surface area contributed by atoms with Gasteiger partial charge in [0.15, 0.2) is 5.43 Å². The number of aryl methyl sites for hydroxylation is 2. The SMILES string of the molecule is Cc1cc(C)cc(Cn2ccc(=O)c3cnccc32)c1. The molecule has 0 atom stereocenters. The van der Waals surface area contributed by atoms with Crippen molar-refractivity contribution in [3.63, 3.8) is 0 Å². The minimum absolute atomic E-state index is 0.0183. The van der Waals surface area contributed by atoms with Crippen molar-refractivity contribution in [2.24, 2.45) is 0 Å². The zero-order valence-electron chi connectivity index (χ0n) is 11.6. The third-order valence-electron chi connectivity index (χ3n) is 3.41. The molecule has 0 amide bonds. The molecule has 0 saturated carbocycles. The van der Waals surface area contributed by atoms with E-state index in [-0.39, 0.29) is 5.43 Å². The Kier molecular flexibility index (Phi) is 3.11. The molecule has 0 radical (unpaired) electrons. The third kappa shape index (κ3) is 2.35. The highest BCUT2D eigenvalue weighted by molar-refractivity contribution is 5.77. The van der Waals surface area contributed by atoms with E-state index in [0.717, 1.165) is 12.1 Å². The fourth-order valence-corrected chi connectivity index (χ4v) is 2.65. The highest BCUT2D eigenvalue weighted by Crippen LogP contribution is 2.14. The minimum atomic E-state index is 0.0183. The first-order chi connectivity index (χ1) is 9.63. The summed E-state index contributed by atoms with van der Waals surface area (Å²) in [7, 11) is 0. The Morgan fingerprint density at radius 1 is 1.10 bits per heavy atom. The molecular formula is C17H16N2O. The van der Waals surface area contributed by atoms with Crippen LogP contribution in [0.2, 0.25) is 0 Å². The predicted octanol–water partition coefficient (Wildman–Crippen LogP) is 3.06. The lowest BCUT2D eigenvalue weighted by Crippen LogP contribution is -2.09. The summed E-state index contributed by atoms with van der Waals surface area (Å²) in [6.45, 7) is 4.96. The van der Waals surface area contributed by atoms with Crippen LogP contribution in [0.15, 0.2) is 53.7 Å². The van der Waals surface area contributed by atoms with E-state index in [9.17, 15) is 4.79 Å². The van der Waals surface area contributed by atoms with E-state index in [4.69, 9.17) is 0 Å². The van der Waals surface area contributed by atoms with Crippen molar-refractivity contribution in [2.45, 2.75) is 20.4 Å². The van der Waals surface area contributed by atoms with Crippen molar-refractivity contribution < 1.29 is 0 Å². The van der Waals surface area contributed by atoms with E-state index in [0.29, 0.717) is 5.39 Å². The molecule has 2 aromatic heterocycles. The van der Waals surface area contributed by atoms with Crippen LogP contribution in [0.25, 0.3) is 10.9 Å². The summed E-state index contributed by atoms with van der Waals surface area (Å²) in [5.74, 6) is 0. The number of hydrogen-bond donors (Lipinski definition) is 0. The fourth-order valence-electron chi connectivity index (χ4n) is 2.65. The zero-order chi connectivity index (χ0) is 14.1. The van der Waals surface area contributed by atoms with Gasteiger partial charge in [-0.2, -0.15) is 0 Å². The number of hydrogen-bond acceptors (Lipinski definition) is 2. The van der Waals surface area contributed by atoms with Gasteiger partial charge in [-0.15, -0.1) is 0 Å². The van der Waals surface area contributed by atoms with Crippen LogP contribution in [0.3, 0.4) is 0 Å². The van der Waals surface area contributed by atoms with Gasteiger partial charge in [-0.1, -0.05) is 29.3 Å². The molecule has 100 valence electrons. The van der Waals surface area contributed by atoms with Crippen LogP contribution in [0.5, 0.6) is 0 Å². The molecule has 3 nitrogen and oxygen atoms in total. The highest BCUT2D eigenvalue weighted by atomic mass is 16.1. The molecule has 0 saturated heterocycles. The van der Waals surface area contributed by atoms with Crippen LogP contribution >= 0.6 is 0 Å². The minimum Gasteiger partial charge on any atom is -0.343 e. The number of pyridine rings is 2. The predicted molar refractivity (Wildman–Crippen MR) is 81.0 cm³/mol. The molecular weight excluding hydrogens is 248 g/mol. The van der Waals surface area contributed by atoms with Crippen LogP contribution in [-0.2, 0) is 6.54 Å². The van der Waals surface area contributed by atoms with Crippen LogP contribution in [0, 0.1) is 13.8 Å². The molecule has 3 heteroatoms. The van der Waals surface area contributed by atoms with Gasteiger partial charge in [0.1, 0.15) is 0 Å². The Balaban J connectivity index is 2.11. The van der Waals surface area contributed by atoms with Crippen molar-refractivity contribution in [1.82, 2.24) is 9.55 Å². The summed E-state index contributed by atoms with van der Waals surface area (Å²) in [5.41, 5.74) is 4.69. The van der Waals surface area contributed by atoms with E-state index in [2.05, 4.69) is 41.6 Å². The van der Waals surface area contributed by atoms with Gasteiger partial charge in [-0.3, -0.25) is 9.78 Å². The van der Waals surface area contributed by atoms with E-state index in [1.807, 2.05) is 12.3 Å². The Morgan fingerprint density at radius 2 is 1.85 bits per heavy atom. The average molecular weight is 264 g/mol. The monoisotopic (exact) mass is 264 g/mol. The first-order valence-corrected chi connectivity index (χ1v) is 6.64. The Morgan fingerprint density at radius 3 is 2.60 bits per heavy atom. The van der Waals surface area contributed by atoms with Gasteiger partial charge in [0, 0.05) is 31.2 Å². The molecule has 0 bridgehead atoms. The summed E-state index contributed by atoms with van der Waals surface area (Å²) < 4.78 is 2.09. The molecule has 3 aromatic rings. The Bertz CT molecular complexity index is 814. The second-order valence-electron chi connectivity index (χ2n) is 5.20. The second-order valence-corrected chi connectivity index (χ2v) is 5.20. The van der Waals surface area contributed by atoms with Gasteiger partial charge >= 0.3 is 0 Å². The smallest absolute Gasteiger partial charge is 0.190 e. The fraction of sp³-hybridized carbons (Fsp3) is 0.176. The number of nitrogens with zero attached hydrogens (tertiary/aromatic N) is 2. The molecule has 0 fully saturated rings. The number of fused-ring (bicyclic) bond motifs is 1. The molecule has 0 N–H and O–H groups in total. The van der Waals surface area contributed by atoms with Gasteiger partial charge in [0.05, 0.1) is 10.9 Å². The van der Waals surface area contributed by atoms with Crippen molar-refractivity contribution in [1.29, 1.82) is 0 Å². The van der Waals surface area contributed by atoms with Crippen LogP contribution in [0.4, 0.5) is 0 Å². The molecule has 3 rings (SSSR count). The van der Waals surface area contributed by atoms with Crippen molar-refractivity contribution >= 4 is 10.9 Å². The van der Waals surface area contributed by atoms with E-state index in [1.54, 1.807) is 18.5 Å². The Labute approximate surface area is 117 Å². The lowest BCUT2D eigenvalue weighted by atomic mass is 10.1. The topological polar surface area (TPSA) is 34.9 Å². The lowest BCUT2D eigenvalue weighted by Gasteiger charge is -2.11. The Hall–Kier alpha value is -2.42. The van der Waals surface area contributed by atoms with E-state index < -0.39 is 0 Å². The van der Waals surface area contributed by atoms with Crippen molar-refractivity contribution in [3.8, 4) is 0 Å². The quantitative estimate of drug-likeness (QED) is 0.713. The first kappa shape index (κ1) is 12.6. The molecule has 0 spiro atoms. The summed E-state index contributed by atoms with van der Waals surface area (Å²) in [4.78, 5) is 15.9. The van der Waals surface area contributed by atoms with Crippen LogP contribution in [-0.4, -0.2) is 9.55 Å². The molecule has 0 aliphatic rings. The molecule has 0 aliphatic heterocycles. The number of benzene rings is 1. The van der Waals surface area contributed by atoms with Gasteiger partial charge in [-0.25, -0.2) is 0 Å². The summed E-state index contributed by atoms with van der Waals surface area (Å²) in [6.07, 6.45) is 5.21. The molecule has 2 heterocycles. The van der Waals surface area contributed by atoms with E-state index >= 15 is 0 Å². The zero-order valence-corrected chi connectivity index (χ0v) is 11.6. The van der Waals surface area contributed by atoms with Crippen LogP contribution < -0.4 is 5.43 Å². The van der Waals surface area contributed by atoms with Crippen molar-refractivity contribution in [3.05, 3.63) is 75.8 Å². The van der Waals surface area contributed by atoms with Crippen molar-refractivity contribution in [2.75, 3.05) is 0 Å². The maximum atomic E-state index is 11.8. The normalized spacial score (nSPS) is 10.9. The summed E-state index contributed by atoms with van der Waals surface area (Å²) in [6, 6.07) is 10.0. The number of aromatic nitrogens is 2. The van der Waals surface area contributed by atoms with E-state index in [1.165, 1.54) is 16.7 Å². The first-order valence-electron chi connectivity index (χ1n) is 6.64. The molecule has 20 heavy (non-hydrogen) atoms. The maximum absolute atomic E-state index is 11.8. The second kappa shape index (κ2) is 4.93. The summed E-state index contributed by atoms with van der Waals surface area (Å²) in [5, 5.41) is 0.666. The summed E-state index contributed by atoms with van der Waals surface area (Å²) >= 11 is 0. The van der Waals surface area contributed by atoms with Gasteiger partial charge in [0.25, 0.3) is 0 Å². The maximum Gasteiger partial charge on any atom is 0.190 e. The van der Waals surface area contributed by atoms with Gasteiger partial charge in [0.2, 0.25) is 0 Å². The molecule has 0 aliphatic carbocycles. The molecule has 0 unspecified atom stereocenters. The lowest BCUT2D eigenvalue weighted by molar-refractivity contribution is 0.823. The third-order valence-corrected chi connectivity index (χ3v) is 3.41. The largest absolute Gasteiger partial charge is 0.343 e.